The summed E-state index contributed by atoms with van der Waals surface area (Å²) in [6.07, 6.45) is 3.18. The van der Waals surface area contributed by atoms with Crippen molar-refractivity contribution in [1.29, 1.82) is 0 Å². The Morgan fingerprint density at radius 1 is 0.906 bits per heavy atom. The van der Waals surface area contributed by atoms with E-state index in [1.165, 1.54) is 22.5 Å². The molecule has 1 aliphatic rings. The van der Waals surface area contributed by atoms with E-state index in [1.807, 2.05) is 31.2 Å². The molecule has 0 aromatic heterocycles. The molecule has 32 heavy (non-hydrogen) atoms. The van der Waals surface area contributed by atoms with Crippen molar-refractivity contribution in [3.63, 3.8) is 0 Å². The summed E-state index contributed by atoms with van der Waals surface area (Å²) in [5.74, 6) is -0.241. The third-order valence-corrected chi connectivity index (χ3v) is 6.10. The van der Waals surface area contributed by atoms with Gasteiger partial charge in [0.15, 0.2) is 0 Å². The number of fused-ring (bicyclic) bond motifs is 2. The summed E-state index contributed by atoms with van der Waals surface area (Å²) in [6, 6.07) is 25.3. The lowest BCUT2D eigenvalue weighted by Gasteiger charge is -2.28. The van der Waals surface area contributed by atoms with Crippen LogP contribution in [0, 0.1) is 0 Å². The van der Waals surface area contributed by atoms with Crippen LogP contribution in [-0.4, -0.2) is 37.6 Å². The Balaban J connectivity index is 1.44. The number of ether oxygens (including phenoxy) is 1. The zero-order valence-corrected chi connectivity index (χ0v) is 19.1. The molecule has 3 aromatic rings. The van der Waals surface area contributed by atoms with Crippen LogP contribution in [0.2, 0.25) is 0 Å². The van der Waals surface area contributed by atoms with Crippen LogP contribution in [0.15, 0.2) is 72.8 Å². The van der Waals surface area contributed by atoms with Gasteiger partial charge in [-0.3, -0.25) is 0 Å². The van der Waals surface area contributed by atoms with E-state index in [1.54, 1.807) is 0 Å². The minimum atomic E-state index is -0.241. The van der Waals surface area contributed by atoms with Gasteiger partial charge in [-0.1, -0.05) is 54.6 Å². The number of para-hydroxylation sites is 2. The van der Waals surface area contributed by atoms with Crippen molar-refractivity contribution < 1.29 is 9.53 Å². The first-order valence-electron chi connectivity index (χ1n) is 11.5. The van der Waals surface area contributed by atoms with Gasteiger partial charge in [0, 0.05) is 24.5 Å². The van der Waals surface area contributed by atoms with E-state index in [9.17, 15) is 4.79 Å². The molecule has 0 N–H and O–H groups in total. The van der Waals surface area contributed by atoms with Gasteiger partial charge in [-0.15, -0.1) is 0 Å². The number of hydrogen-bond acceptors (Lipinski definition) is 4. The summed E-state index contributed by atoms with van der Waals surface area (Å²) in [7, 11) is 2.12. The van der Waals surface area contributed by atoms with Crippen molar-refractivity contribution in [3.8, 4) is 0 Å². The Labute approximate surface area is 191 Å². The molecule has 4 nitrogen and oxygen atoms in total. The van der Waals surface area contributed by atoms with Crippen LogP contribution in [0.25, 0.3) is 0 Å². The smallest absolute Gasteiger partial charge is 0.338 e. The van der Waals surface area contributed by atoms with Crippen LogP contribution in [0.3, 0.4) is 0 Å². The highest BCUT2D eigenvalue weighted by molar-refractivity contribution is 5.91. The van der Waals surface area contributed by atoms with E-state index in [0.29, 0.717) is 12.2 Å². The van der Waals surface area contributed by atoms with E-state index in [0.717, 1.165) is 44.5 Å². The van der Waals surface area contributed by atoms with Crippen molar-refractivity contribution in [2.45, 2.75) is 32.7 Å². The molecule has 1 aliphatic heterocycles. The Morgan fingerprint density at radius 2 is 1.50 bits per heavy atom. The number of esters is 1. The Morgan fingerprint density at radius 3 is 2.16 bits per heavy atom. The second-order valence-electron chi connectivity index (χ2n) is 8.38. The summed E-state index contributed by atoms with van der Waals surface area (Å²) in [6.45, 7) is 4.85. The summed E-state index contributed by atoms with van der Waals surface area (Å²) < 4.78 is 5.22. The van der Waals surface area contributed by atoms with Gasteiger partial charge in [-0.2, -0.15) is 0 Å². The largest absolute Gasteiger partial charge is 0.462 e. The molecule has 0 amide bonds. The van der Waals surface area contributed by atoms with Gasteiger partial charge in [0.2, 0.25) is 0 Å². The van der Waals surface area contributed by atoms with Crippen molar-refractivity contribution in [2.75, 3.05) is 31.6 Å². The van der Waals surface area contributed by atoms with Crippen molar-refractivity contribution in [1.82, 2.24) is 4.90 Å². The zero-order valence-electron chi connectivity index (χ0n) is 19.1. The van der Waals surface area contributed by atoms with E-state index in [2.05, 4.69) is 65.4 Å². The van der Waals surface area contributed by atoms with Crippen LogP contribution in [0.5, 0.6) is 0 Å². The third-order valence-electron chi connectivity index (χ3n) is 6.10. The minimum Gasteiger partial charge on any atom is -0.462 e. The van der Waals surface area contributed by atoms with Gasteiger partial charge in [-0.25, -0.2) is 4.79 Å². The molecule has 0 bridgehead atoms. The highest BCUT2D eigenvalue weighted by Crippen LogP contribution is 2.35. The molecule has 0 unspecified atom stereocenters. The summed E-state index contributed by atoms with van der Waals surface area (Å²) >= 11 is 0. The van der Waals surface area contributed by atoms with Crippen LogP contribution < -0.4 is 4.90 Å². The predicted molar refractivity (Wildman–Crippen MR) is 131 cm³/mol. The second kappa shape index (κ2) is 10.5. The fraction of sp³-hybridized carbons (Fsp3) is 0.321. The number of benzene rings is 3. The standard InChI is InChI=1S/C28H32N2O2/c1-3-32-28(31)25-14-7-4-13-24(25)21-29(2)19-10-20-30-26-15-8-5-11-22(26)17-18-23-12-6-9-16-27(23)30/h4-9,11-16H,3,10,17-21H2,1-2H3. The Kier molecular flexibility index (Phi) is 7.23. The number of hydrogen-bond donors (Lipinski definition) is 0. The van der Waals surface area contributed by atoms with Crippen LogP contribution >= 0.6 is 0 Å². The van der Waals surface area contributed by atoms with Crippen molar-refractivity contribution in [3.05, 3.63) is 95.1 Å². The quantitative estimate of drug-likeness (QED) is 0.436. The summed E-state index contributed by atoms with van der Waals surface area (Å²) in [4.78, 5) is 17.1. The van der Waals surface area contributed by atoms with Gasteiger partial charge in [0.05, 0.1) is 12.2 Å². The van der Waals surface area contributed by atoms with Crippen LogP contribution in [0.1, 0.15) is 40.4 Å². The van der Waals surface area contributed by atoms with Gasteiger partial charge < -0.3 is 14.5 Å². The molecule has 0 radical (unpaired) electrons. The number of anilines is 2. The molecule has 0 aliphatic carbocycles. The second-order valence-corrected chi connectivity index (χ2v) is 8.38. The molecule has 0 saturated carbocycles. The maximum absolute atomic E-state index is 12.3. The van der Waals surface area contributed by atoms with Crippen molar-refractivity contribution in [2.24, 2.45) is 0 Å². The Hall–Kier alpha value is -3.11. The number of rotatable bonds is 8. The minimum absolute atomic E-state index is 0.241. The molecular weight excluding hydrogens is 396 g/mol. The predicted octanol–water partition coefficient (Wildman–Crippen LogP) is 5.62. The lowest BCUT2D eigenvalue weighted by atomic mass is 10.0. The molecule has 0 spiro atoms. The van der Waals surface area contributed by atoms with Crippen LogP contribution in [-0.2, 0) is 24.1 Å². The summed E-state index contributed by atoms with van der Waals surface area (Å²) in [5.41, 5.74) is 7.16. The van der Waals surface area contributed by atoms with Gasteiger partial charge in [0.1, 0.15) is 0 Å². The van der Waals surface area contributed by atoms with Gasteiger partial charge in [0.25, 0.3) is 0 Å². The number of carbonyl (C=O) groups is 1. The number of nitrogens with zero attached hydrogens (tertiary/aromatic N) is 2. The maximum atomic E-state index is 12.3. The SMILES string of the molecule is CCOC(=O)c1ccccc1CN(C)CCCN1c2ccccc2CCc2ccccc21. The van der Waals surface area contributed by atoms with Crippen LogP contribution in [0.4, 0.5) is 11.4 Å². The fourth-order valence-electron chi connectivity index (χ4n) is 4.55. The molecule has 0 fully saturated rings. The molecule has 0 atom stereocenters. The molecule has 0 saturated heterocycles. The normalized spacial score (nSPS) is 12.8. The van der Waals surface area contributed by atoms with E-state index < -0.39 is 0 Å². The summed E-state index contributed by atoms with van der Waals surface area (Å²) in [5, 5.41) is 0. The first-order valence-corrected chi connectivity index (χ1v) is 11.5. The molecule has 166 valence electrons. The van der Waals surface area contributed by atoms with Gasteiger partial charge in [-0.05, 0) is 74.7 Å². The highest BCUT2D eigenvalue weighted by Gasteiger charge is 2.20. The average molecular weight is 429 g/mol. The molecule has 4 heteroatoms. The van der Waals surface area contributed by atoms with E-state index in [-0.39, 0.29) is 5.97 Å². The number of carbonyl (C=O) groups excluding carboxylic acids is 1. The highest BCUT2D eigenvalue weighted by atomic mass is 16.5. The zero-order chi connectivity index (χ0) is 22.3. The monoisotopic (exact) mass is 428 g/mol. The lowest BCUT2D eigenvalue weighted by Crippen LogP contribution is -2.26. The van der Waals surface area contributed by atoms with Gasteiger partial charge >= 0.3 is 5.97 Å². The molecular formula is C28H32N2O2. The first kappa shape index (κ1) is 22.1. The van der Waals surface area contributed by atoms with E-state index >= 15 is 0 Å². The first-order chi connectivity index (χ1) is 15.7. The number of aryl methyl sites for hydroxylation is 2. The molecule has 4 rings (SSSR count). The third kappa shape index (κ3) is 5.03. The Bertz CT molecular complexity index is 1020. The van der Waals surface area contributed by atoms with E-state index in [4.69, 9.17) is 4.74 Å². The van der Waals surface area contributed by atoms with Crippen molar-refractivity contribution >= 4 is 17.3 Å². The molecule has 1 heterocycles. The maximum Gasteiger partial charge on any atom is 0.338 e. The lowest BCUT2D eigenvalue weighted by molar-refractivity contribution is 0.0524. The average Bonchev–Trinajstić information content (AvgIpc) is 2.97. The fourth-order valence-corrected chi connectivity index (χ4v) is 4.55. The molecule has 3 aromatic carbocycles. The topological polar surface area (TPSA) is 32.8 Å².